The number of methoxy groups -OCH3 is 2. The van der Waals surface area contributed by atoms with Crippen LogP contribution in [-0.4, -0.2) is 51.3 Å². The van der Waals surface area contributed by atoms with Crippen LogP contribution in [0, 0.1) is 0 Å². The van der Waals surface area contributed by atoms with Gasteiger partial charge in [-0.25, -0.2) is 0 Å². The number of esters is 1. The minimum atomic E-state index is -1.18. The average Bonchev–Trinajstić information content (AvgIpc) is 2.77. The molecule has 0 spiro atoms. The predicted octanol–water partition coefficient (Wildman–Crippen LogP) is 5.19. The van der Waals surface area contributed by atoms with Crippen LogP contribution in [0.4, 0.5) is 4.79 Å². The Bertz CT molecular complexity index is 1200. The molecule has 0 saturated heterocycles. The van der Waals surface area contributed by atoms with Crippen molar-refractivity contribution in [3.63, 3.8) is 0 Å². The number of hydrogen-bond donors (Lipinski definition) is 0. The number of pyridine rings is 1. The van der Waals surface area contributed by atoms with Gasteiger partial charge in [-0.05, 0) is 0 Å². The van der Waals surface area contributed by atoms with Gasteiger partial charge in [-0.2, -0.15) is 0 Å². The van der Waals surface area contributed by atoms with Crippen molar-refractivity contribution in [3.05, 3.63) is 64.5 Å². The first-order valence-electron chi connectivity index (χ1n) is 10.1. The van der Waals surface area contributed by atoms with Crippen LogP contribution in [0.1, 0.15) is 26.3 Å². The normalized spacial score (nSPS) is 12.1. The summed E-state index contributed by atoms with van der Waals surface area (Å²) < 4.78 is 21.3. The van der Waals surface area contributed by atoms with Crippen LogP contribution < -0.4 is 9.47 Å². The molecule has 0 saturated carbocycles. The zero-order valence-corrected chi connectivity index (χ0v) is 21.0. The first kappa shape index (κ1) is 24.3. The molecule has 1 heterocycles. The van der Waals surface area contributed by atoms with E-state index in [2.05, 4.69) is 4.98 Å². The molecule has 2 aromatic carbocycles. The van der Waals surface area contributed by atoms with Crippen molar-refractivity contribution in [3.8, 4) is 17.4 Å². The fourth-order valence-corrected chi connectivity index (χ4v) is 4.78. The van der Waals surface area contributed by atoms with Crippen molar-refractivity contribution in [1.82, 2.24) is 4.98 Å². The summed E-state index contributed by atoms with van der Waals surface area (Å²) in [5.41, 5.74) is 0.855. The summed E-state index contributed by atoms with van der Waals surface area (Å²) >= 11 is -1.18. The molecule has 33 heavy (non-hydrogen) atoms. The molecule has 1 radical (unpaired) electrons. The van der Waals surface area contributed by atoms with Crippen LogP contribution in [0.25, 0.3) is 17.0 Å². The van der Waals surface area contributed by atoms with Gasteiger partial charge in [0.05, 0.1) is 7.11 Å². The monoisotopic (exact) mass is 510 g/mol. The molecule has 0 atom stereocenters. The quantitative estimate of drug-likeness (QED) is 0.246. The molecular formula is C25H25AsNO6. The topological polar surface area (TPSA) is 84.0 Å². The van der Waals surface area contributed by atoms with Crippen LogP contribution in [0.5, 0.6) is 17.4 Å². The summed E-state index contributed by atoms with van der Waals surface area (Å²) in [7, 11) is 2.87. The molecular weight excluding hydrogens is 485 g/mol. The number of fused-ring (bicyclic) bond motifs is 1. The van der Waals surface area contributed by atoms with Crippen LogP contribution in [0.3, 0.4) is 0 Å². The van der Waals surface area contributed by atoms with Gasteiger partial charge in [0.25, 0.3) is 0 Å². The molecule has 0 amide bonds. The number of ether oxygens (including phenoxy) is 4. The van der Waals surface area contributed by atoms with E-state index in [1.54, 1.807) is 46.1 Å². The van der Waals surface area contributed by atoms with Gasteiger partial charge in [-0.15, -0.1) is 0 Å². The number of benzene rings is 2. The molecule has 7 nitrogen and oxygen atoms in total. The van der Waals surface area contributed by atoms with Crippen LogP contribution in [0.2, 0.25) is 0 Å². The average molecular weight is 510 g/mol. The standard InChI is InChI=1S/C25H25AsNO6/c1-25(2,3)33-24(29)26-18(23(28)31-5)15-16-10-12-19-17(14-16)11-13-22(27-19)32-21-9-7-6-8-20(21)30-4/h6-15H,1-5H3/b18-15+. The summed E-state index contributed by atoms with van der Waals surface area (Å²) in [4.78, 5) is 29.0. The van der Waals surface area contributed by atoms with E-state index in [4.69, 9.17) is 18.9 Å². The summed E-state index contributed by atoms with van der Waals surface area (Å²) in [5.74, 6) is 1.07. The number of para-hydroxylation sites is 2. The van der Waals surface area contributed by atoms with Gasteiger partial charge in [0.1, 0.15) is 0 Å². The molecule has 0 fully saturated rings. The molecule has 0 N–H and O–H groups in total. The number of hydrogen-bond acceptors (Lipinski definition) is 7. The number of nitrogens with zero attached hydrogens (tertiary/aromatic N) is 1. The number of carbonyl (C=O) groups is 2. The molecule has 3 rings (SSSR count). The second-order valence-corrected chi connectivity index (χ2v) is 10.2. The Morgan fingerprint density at radius 3 is 2.36 bits per heavy atom. The van der Waals surface area contributed by atoms with Gasteiger partial charge in [0.15, 0.2) is 0 Å². The molecule has 0 bridgehead atoms. The Kier molecular flexibility index (Phi) is 7.77. The molecule has 0 aliphatic carbocycles. The van der Waals surface area contributed by atoms with E-state index >= 15 is 0 Å². The Balaban J connectivity index is 1.85. The molecule has 0 aliphatic heterocycles. The number of rotatable bonds is 7. The Hall–Kier alpha value is -3.31. The fourth-order valence-electron chi connectivity index (χ4n) is 2.87. The van der Waals surface area contributed by atoms with Gasteiger partial charge in [0, 0.05) is 0 Å². The SMILES string of the molecule is COC(=O)/C(=C\c1ccc2nc(Oc3ccccc3OC)ccc2c1)[As]C(=O)OC(C)(C)C. The first-order valence-corrected chi connectivity index (χ1v) is 12.0. The van der Waals surface area contributed by atoms with E-state index < -0.39 is 32.1 Å². The third kappa shape index (κ3) is 6.83. The molecule has 0 unspecified atom stereocenters. The van der Waals surface area contributed by atoms with Crippen molar-refractivity contribution in [2.24, 2.45) is 0 Å². The third-order valence-electron chi connectivity index (χ3n) is 4.27. The second kappa shape index (κ2) is 10.5. The molecule has 171 valence electrons. The first-order chi connectivity index (χ1) is 15.7. The second-order valence-electron chi connectivity index (χ2n) is 7.97. The molecule has 1 aromatic heterocycles. The summed E-state index contributed by atoms with van der Waals surface area (Å²) in [6.45, 7) is 5.36. The van der Waals surface area contributed by atoms with Gasteiger partial charge in [0.2, 0.25) is 0 Å². The van der Waals surface area contributed by atoms with Gasteiger partial charge in [-0.3, -0.25) is 0 Å². The fraction of sp³-hybridized carbons (Fsp3) is 0.240. The summed E-state index contributed by atoms with van der Waals surface area (Å²) in [5, 5.41) is 0.855. The maximum absolute atomic E-state index is 12.3. The van der Waals surface area contributed by atoms with E-state index in [0.717, 1.165) is 16.5 Å². The predicted molar refractivity (Wildman–Crippen MR) is 127 cm³/mol. The van der Waals surface area contributed by atoms with E-state index in [9.17, 15) is 9.59 Å². The summed E-state index contributed by atoms with van der Waals surface area (Å²) in [6, 6.07) is 16.5. The third-order valence-corrected chi connectivity index (χ3v) is 6.01. The van der Waals surface area contributed by atoms with Crippen molar-refractivity contribution in [2.45, 2.75) is 26.4 Å². The van der Waals surface area contributed by atoms with Crippen molar-refractivity contribution in [1.29, 1.82) is 0 Å². The van der Waals surface area contributed by atoms with Gasteiger partial charge >= 0.3 is 186 Å². The van der Waals surface area contributed by atoms with Gasteiger partial charge in [-0.1, -0.05) is 6.07 Å². The van der Waals surface area contributed by atoms with E-state index in [1.807, 2.05) is 42.5 Å². The molecule has 3 aromatic rings. The Morgan fingerprint density at radius 1 is 0.970 bits per heavy atom. The Labute approximate surface area is 199 Å². The molecule has 8 heteroatoms. The van der Waals surface area contributed by atoms with E-state index in [0.29, 0.717) is 21.7 Å². The molecule has 0 aliphatic rings. The zero-order valence-electron chi connectivity index (χ0n) is 19.1. The van der Waals surface area contributed by atoms with Crippen molar-refractivity contribution in [2.75, 3.05) is 14.2 Å². The minimum absolute atomic E-state index is 0.298. The number of carbonyl (C=O) groups excluding carboxylic acids is 2. The summed E-state index contributed by atoms with van der Waals surface area (Å²) in [6.07, 6.45) is 1.66. The van der Waals surface area contributed by atoms with Crippen LogP contribution in [0.15, 0.2) is 59.0 Å². The van der Waals surface area contributed by atoms with Crippen molar-refractivity contribution < 1.29 is 28.5 Å². The van der Waals surface area contributed by atoms with Crippen LogP contribution >= 0.6 is 0 Å². The van der Waals surface area contributed by atoms with Crippen LogP contribution in [-0.2, 0) is 14.3 Å². The maximum atomic E-state index is 12.3. The van der Waals surface area contributed by atoms with Crippen molar-refractivity contribution >= 4 is 43.5 Å². The van der Waals surface area contributed by atoms with E-state index in [1.165, 1.54) is 7.11 Å². The Morgan fingerprint density at radius 2 is 1.70 bits per heavy atom. The van der Waals surface area contributed by atoms with Gasteiger partial charge < -0.3 is 0 Å². The number of aromatic nitrogens is 1. The zero-order chi connectivity index (χ0) is 24.0. The van der Waals surface area contributed by atoms with E-state index in [-0.39, 0.29) is 0 Å².